The summed E-state index contributed by atoms with van der Waals surface area (Å²) in [6.07, 6.45) is 0.803. The van der Waals surface area contributed by atoms with Gasteiger partial charge in [0.1, 0.15) is 0 Å². The lowest BCUT2D eigenvalue weighted by atomic mass is 10.1. The van der Waals surface area contributed by atoms with Gasteiger partial charge >= 0.3 is 0 Å². The van der Waals surface area contributed by atoms with E-state index in [-0.39, 0.29) is 11.8 Å². The van der Waals surface area contributed by atoms with Gasteiger partial charge in [0.05, 0.1) is 11.3 Å². The quantitative estimate of drug-likeness (QED) is 0.233. The molecular weight excluding hydrogens is 528 g/mol. The van der Waals surface area contributed by atoms with Crippen LogP contribution in [-0.2, 0) is 6.54 Å². The van der Waals surface area contributed by atoms with E-state index >= 15 is 0 Å². The maximum atomic E-state index is 13.7. The molecule has 0 radical (unpaired) electrons. The van der Waals surface area contributed by atoms with E-state index in [0.29, 0.717) is 34.9 Å². The lowest BCUT2D eigenvalue weighted by molar-refractivity contribution is 0.0947. The van der Waals surface area contributed by atoms with Crippen molar-refractivity contribution in [2.75, 3.05) is 30.0 Å². The fourth-order valence-corrected chi connectivity index (χ4v) is 5.64. The molecule has 1 heterocycles. The van der Waals surface area contributed by atoms with Crippen molar-refractivity contribution in [1.82, 2.24) is 10.7 Å². The van der Waals surface area contributed by atoms with Crippen LogP contribution >= 0.6 is 23.4 Å². The molecule has 4 aromatic carbocycles. The van der Waals surface area contributed by atoms with Crippen LogP contribution in [0.25, 0.3) is 0 Å². The standard InChI is InChI=1S/C31H29ClN4O2S/c1-35(24-11-3-2-4-12-24)19-9-18-33-30(37)22-16-17-29-27(20-22)36(34-21-23-10-5-7-14-26(23)32)31(38)25-13-6-8-15-28(25)39-29/h2-8,10-17,20,34H,9,18-19,21H2,1H3,(H,33,37). The first-order valence-electron chi connectivity index (χ1n) is 12.8. The predicted molar refractivity (Wildman–Crippen MR) is 159 cm³/mol. The molecule has 0 atom stereocenters. The summed E-state index contributed by atoms with van der Waals surface area (Å²) in [6.45, 7) is 1.71. The molecule has 0 aliphatic carbocycles. The number of carbonyl (C=O) groups excluding carboxylic acids is 2. The molecule has 4 aromatic rings. The van der Waals surface area contributed by atoms with Crippen molar-refractivity contribution in [2.24, 2.45) is 0 Å². The number of hydrogen-bond donors (Lipinski definition) is 2. The van der Waals surface area contributed by atoms with Gasteiger partial charge in [0, 0.05) is 52.7 Å². The Hall–Kier alpha value is -3.78. The van der Waals surface area contributed by atoms with E-state index in [1.165, 1.54) is 16.8 Å². The Morgan fingerprint density at radius 3 is 2.49 bits per heavy atom. The van der Waals surface area contributed by atoms with Gasteiger partial charge in [0.25, 0.3) is 11.8 Å². The second-order valence-electron chi connectivity index (χ2n) is 9.21. The second kappa shape index (κ2) is 12.4. The van der Waals surface area contributed by atoms with Gasteiger partial charge in [-0.15, -0.1) is 0 Å². The zero-order valence-electron chi connectivity index (χ0n) is 21.6. The zero-order valence-corrected chi connectivity index (χ0v) is 23.1. The number of amides is 2. The smallest absolute Gasteiger partial charge is 0.273 e. The monoisotopic (exact) mass is 556 g/mol. The van der Waals surface area contributed by atoms with Gasteiger partial charge in [0.15, 0.2) is 0 Å². The van der Waals surface area contributed by atoms with Crippen molar-refractivity contribution in [2.45, 2.75) is 22.8 Å². The largest absolute Gasteiger partial charge is 0.375 e. The fraction of sp³-hybridized carbons (Fsp3) is 0.161. The maximum absolute atomic E-state index is 13.7. The van der Waals surface area contributed by atoms with Crippen molar-refractivity contribution < 1.29 is 9.59 Å². The summed E-state index contributed by atoms with van der Waals surface area (Å²) in [6, 6.07) is 30.7. The average molecular weight is 557 g/mol. The number of anilines is 2. The third-order valence-electron chi connectivity index (χ3n) is 6.54. The van der Waals surface area contributed by atoms with Crippen molar-refractivity contribution >= 4 is 46.6 Å². The first-order chi connectivity index (χ1) is 19.0. The summed E-state index contributed by atoms with van der Waals surface area (Å²) in [5.41, 5.74) is 6.99. The molecule has 6 nitrogen and oxygen atoms in total. The van der Waals surface area contributed by atoms with Crippen LogP contribution in [0.3, 0.4) is 0 Å². The highest BCUT2D eigenvalue weighted by atomic mass is 35.5. The van der Waals surface area contributed by atoms with Crippen molar-refractivity contribution in [3.05, 3.63) is 119 Å². The SMILES string of the molecule is CN(CCCNC(=O)c1ccc2c(c1)N(NCc1ccccc1Cl)C(=O)c1ccccc1S2)c1ccccc1. The molecular formula is C31H29ClN4O2S. The van der Waals surface area contributed by atoms with Crippen LogP contribution in [0, 0.1) is 0 Å². The van der Waals surface area contributed by atoms with Crippen LogP contribution < -0.4 is 20.7 Å². The number of benzene rings is 4. The topological polar surface area (TPSA) is 64.7 Å². The maximum Gasteiger partial charge on any atom is 0.273 e. The zero-order chi connectivity index (χ0) is 27.2. The van der Waals surface area contributed by atoms with Gasteiger partial charge in [-0.2, -0.15) is 0 Å². The molecule has 0 unspecified atom stereocenters. The fourth-order valence-electron chi connectivity index (χ4n) is 4.40. The highest BCUT2D eigenvalue weighted by Gasteiger charge is 2.28. The van der Waals surface area contributed by atoms with Crippen LogP contribution in [0.2, 0.25) is 5.02 Å². The van der Waals surface area contributed by atoms with E-state index in [0.717, 1.165) is 34.0 Å². The van der Waals surface area contributed by atoms with Crippen LogP contribution in [-0.4, -0.2) is 32.0 Å². The molecule has 2 N–H and O–H groups in total. The number of hydrogen-bond acceptors (Lipinski definition) is 5. The summed E-state index contributed by atoms with van der Waals surface area (Å²) >= 11 is 7.88. The van der Waals surface area contributed by atoms with Crippen molar-refractivity contribution in [1.29, 1.82) is 0 Å². The number of carbonyl (C=O) groups is 2. The molecule has 1 aliphatic rings. The number of fused-ring (bicyclic) bond motifs is 2. The molecule has 0 bridgehead atoms. The summed E-state index contributed by atoms with van der Waals surface area (Å²) in [5.74, 6) is -0.365. The van der Waals surface area contributed by atoms with E-state index in [1.807, 2.05) is 85.9 Å². The third-order valence-corrected chi connectivity index (χ3v) is 8.05. The highest BCUT2D eigenvalue weighted by molar-refractivity contribution is 7.99. The van der Waals surface area contributed by atoms with E-state index in [4.69, 9.17) is 11.6 Å². The Labute approximate surface area is 237 Å². The van der Waals surface area contributed by atoms with E-state index < -0.39 is 0 Å². The molecule has 1 aliphatic heterocycles. The van der Waals surface area contributed by atoms with Gasteiger partial charge < -0.3 is 10.2 Å². The number of halogens is 1. The molecule has 0 spiro atoms. The average Bonchev–Trinajstić information content (AvgIpc) is 3.08. The first-order valence-corrected chi connectivity index (χ1v) is 14.0. The molecule has 8 heteroatoms. The summed E-state index contributed by atoms with van der Waals surface area (Å²) < 4.78 is 0. The van der Waals surface area contributed by atoms with Gasteiger partial charge in [0.2, 0.25) is 0 Å². The van der Waals surface area contributed by atoms with Crippen molar-refractivity contribution in [3.8, 4) is 0 Å². The van der Waals surface area contributed by atoms with Gasteiger partial charge in [-0.1, -0.05) is 71.9 Å². The Bertz CT molecular complexity index is 1480. The van der Waals surface area contributed by atoms with Gasteiger partial charge in [-0.05, 0) is 60.5 Å². The minimum Gasteiger partial charge on any atom is -0.375 e. The van der Waals surface area contributed by atoms with Gasteiger partial charge in [-0.3, -0.25) is 9.59 Å². The molecule has 0 fully saturated rings. The van der Waals surface area contributed by atoms with Crippen LogP contribution in [0.15, 0.2) is 107 Å². The summed E-state index contributed by atoms with van der Waals surface area (Å²) in [5, 5.41) is 5.17. The number of para-hydroxylation sites is 1. The molecule has 5 rings (SSSR count). The summed E-state index contributed by atoms with van der Waals surface area (Å²) in [7, 11) is 2.04. The van der Waals surface area contributed by atoms with Crippen molar-refractivity contribution in [3.63, 3.8) is 0 Å². The molecule has 198 valence electrons. The Morgan fingerprint density at radius 1 is 0.923 bits per heavy atom. The number of hydrazine groups is 1. The van der Waals surface area contributed by atoms with Crippen LogP contribution in [0.5, 0.6) is 0 Å². The third kappa shape index (κ3) is 6.28. The minimum atomic E-state index is -0.189. The Kier molecular flexibility index (Phi) is 8.51. The minimum absolute atomic E-state index is 0.176. The van der Waals surface area contributed by atoms with Gasteiger partial charge in [-0.25, -0.2) is 10.4 Å². The van der Waals surface area contributed by atoms with E-state index in [1.54, 1.807) is 6.07 Å². The first kappa shape index (κ1) is 26.8. The van der Waals surface area contributed by atoms with E-state index in [2.05, 4.69) is 27.8 Å². The Balaban J connectivity index is 1.32. The lowest BCUT2D eigenvalue weighted by Crippen LogP contribution is -2.43. The lowest BCUT2D eigenvalue weighted by Gasteiger charge is -2.24. The molecule has 39 heavy (non-hydrogen) atoms. The molecule has 2 amide bonds. The number of rotatable bonds is 9. The second-order valence-corrected chi connectivity index (χ2v) is 10.7. The Morgan fingerprint density at radius 2 is 1.67 bits per heavy atom. The number of nitrogens with one attached hydrogen (secondary N) is 2. The van der Waals surface area contributed by atoms with E-state index in [9.17, 15) is 9.59 Å². The summed E-state index contributed by atoms with van der Waals surface area (Å²) in [4.78, 5) is 30.7. The normalized spacial score (nSPS) is 12.4. The molecule has 0 saturated heterocycles. The molecule has 0 aromatic heterocycles. The van der Waals surface area contributed by atoms with Crippen LogP contribution in [0.4, 0.5) is 11.4 Å². The molecule has 0 saturated carbocycles. The van der Waals surface area contributed by atoms with Crippen LogP contribution in [0.1, 0.15) is 32.7 Å². The number of nitrogens with zero attached hydrogens (tertiary/aromatic N) is 2. The highest BCUT2D eigenvalue weighted by Crippen LogP contribution is 2.41. The predicted octanol–water partition coefficient (Wildman–Crippen LogP) is 6.41.